The van der Waals surface area contributed by atoms with Gasteiger partial charge >= 0.3 is 0 Å². The first-order valence-electron chi connectivity index (χ1n) is 22.2. The van der Waals surface area contributed by atoms with Crippen LogP contribution in [0.3, 0.4) is 0 Å². The molecule has 0 aliphatic heterocycles. The van der Waals surface area contributed by atoms with Crippen molar-refractivity contribution in [2.45, 2.75) is 250 Å². The summed E-state index contributed by atoms with van der Waals surface area (Å²) in [5, 5.41) is 33.0. The van der Waals surface area contributed by atoms with Gasteiger partial charge in [0.2, 0.25) is 5.91 Å². The lowest BCUT2D eigenvalue weighted by atomic mass is 10.0. The largest absolute Gasteiger partial charge is 0.394 e. The van der Waals surface area contributed by atoms with Gasteiger partial charge in [0.25, 0.3) is 0 Å². The fraction of sp³-hybridized carbons (Fsp3) is 0.889. The van der Waals surface area contributed by atoms with Gasteiger partial charge in [0.15, 0.2) is 0 Å². The fourth-order valence-electron chi connectivity index (χ4n) is 6.79. The highest BCUT2D eigenvalue weighted by Gasteiger charge is 2.22. The molecule has 50 heavy (non-hydrogen) atoms. The second-order valence-electron chi connectivity index (χ2n) is 15.3. The molecule has 0 fully saturated rings. The van der Waals surface area contributed by atoms with Gasteiger partial charge in [0.1, 0.15) is 6.10 Å². The first-order valence-corrected chi connectivity index (χ1v) is 22.2. The van der Waals surface area contributed by atoms with Crippen molar-refractivity contribution in [2.75, 3.05) is 6.61 Å². The van der Waals surface area contributed by atoms with Gasteiger partial charge in [0.05, 0.1) is 18.8 Å². The number of nitrogens with one attached hydrogen (secondary N) is 1. The van der Waals surface area contributed by atoms with Crippen molar-refractivity contribution in [3.05, 3.63) is 24.3 Å². The van der Waals surface area contributed by atoms with Crippen LogP contribution in [0.2, 0.25) is 0 Å². The number of carbonyl (C=O) groups excluding carboxylic acids is 1. The van der Waals surface area contributed by atoms with Crippen molar-refractivity contribution in [1.82, 2.24) is 5.32 Å². The smallest absolute Gasteiger partial charge is 0.249 e. The predicted molar refractivity (Wildman–Crippen MR) is 218 cm³/mol. The van der Waals surface area contributed by atoms with Crippen LogP contribution in [0.25, 0.3) is 0 Å². The number of carbonyl (C=O) groups is 1. The van der Waals surface area contributed by atoms with Crippen LogP contribution in [-0.2, 0) is 4.79 Å². The summed E-state index contributed by atoms with van der Waals surface area (Å²) in [5.74, 6) is -0.511. The molecule has 0 bridgehead atoms. The SMILES string of the molecule is CCCCCCC/C=C/CC/C=C/C(O)C(CO)NC(=O)C(O)CCCCCCCCCCCCCCCCCCCCCCCCCCC. The molecule has 0 saturated carbocycles. The average molecular weight is 706 g/mol. The number of rotatable bonds is 40. The van der Waals surface area contributed by atoms with Crippen molar-refractivity contribution in [3.63, 3.8) is 0 Å². The Bertz CT molecular complexity index is 739. The molecule has 0 aliphatic rings. The minimum atomic E-state index is -1.10. The average Bonchev–Trinajstić information content (AvgIpc) is 3.12. The van der Waals surface area contributed by atoms with Crippen molar-refractivity contribution in [1.29, 1.82) is 0 Å². The molecule has 0 radical (unpaired) electrons. The van der Waals surface area contributed by atoms with Crippen LogP contribution in [0.5, 0.6) is 0 Å². The van der Waals surface area contributed by atoms with Crippen LogP contribution in [0.1, 0.15) is 232 Å². The maximum atomic E-state index is 12.4. The van der Waals surface area contributed by atoms with Crippen LogP contribution in [-0.4, -0.2) is 46.1 Å². The van der Waals surface area contributed by atoms with Crippen molar-refractivity contribution in [2.24, 2.45) is 0 Å². The molecule has 5 nitrogen and oxygen atoms in total. The second-order valence-corrected chi connectivity index (χ2v) is 15.3. The molecule has 3 atom stereocenters. The Hall–Kier alpha value is -1.17. The number of hydrogen-bond acceptors (Lipinski definition) is 4. The second kappa shape index (κ2) is 40.6. The Labute approximate surface area is 312 Å². The summed E-state index contributed by atoms with van der Waals surface area (Å²) in [5.41, 5.74) is 0. The molecular formula is C45H87NO4. The minimum absolute atomic E-state index is 0.374. The Morgan fingerprint density at radius 3 is 1.22 bits per heavy atom. The summed E-state index contributed by atoms with van der Waals surface area (Å²) in [6.07, 6.45) is 49.4. The third-order valence-corrected chi connectivity index (χ3v) is 10.3. The summed E-state index contributed by atoms with van der Waals surface area (Å²) in [7, 11) is 0. The topological polar surface area (TPSA) is 89.8 Å². The molecule has 0 rings (SSSR count). The number of aliphatic hydroxyl groups is 3. The highest BCUT2D eigenvalue weighted by molar-refractivity contribution is 5.80. The number of allylic oxidation sites excluding steroid dienone is 3. The van der Waals surface area contributed by atoms with Crippen molar-refractivity contribution in [3.8, 4) is 0 Å². The molecule has 1 amide bonds. The molecule has 296 valence electrons. The monoisotopic (exact) mass is 706 g/mol. The van der Waals surface area contributed by atoms with Gasteiger partial charge in [-0.1, -0.05) is 224 Å². The third kappa shape index (κ3) is 35.2. The molecule has 0 aromatic carbocycles. The summed E-state index contributed by atoms with van der Waals surface area (Å²) < 4.78 is 0. The predicted octanol–water partition coefficient (Wildman–Crippen LogP) is 12.6. The summed E-state index contributed by atoms with van der Waals surface area (Å²) in [6.45, 7) is 4.15. The van der Waals surface area contributed by atoms with E-state index in [4.69, 9.17) is 0 Å². The first kappa shape index (κ1) is 48.8. The van der Waals surface area contributed by atoms with Crippen LogP contribution in [0.15, 0.2) is 24.3 Å². The number of unbranched alkanes of at least 4 members (excludes halogenated alkanes) is 30. The summed E-state index contributed by atoms with van der Waals surface area (Å²) in [4.78, 5) is 12.4. The van der Waals surface area contributed by atoms with E-state index in [9.17, 15) is 20.1 Å². The minimum Gasteiger partial charge on any atom is -0.394 e. The van der Waals surface area contributed by atoms with Gasteiger partial charge < -0.3 is 20.6 Å². The highest BCUT2D eigenvalue weighted by Crippen LogP contribution is 2.16. The lowest BCUT2D eigenvalue weighted by Crippen LogP contribution is -2.48. The van der Waals surface area contributed by atoms with E-state index in [0.717, 1.165) is 38.5 Å². The molecule has 3 unspecified atom stereocenters. The van der Waals surface area contributed by atoms with Crippen molar-refractivity contribution < 1.29 is 20.1 Å². The van der Waals surface area contributed by atoms with E-state index in [1.165, 1.54) is 173 Å². The van der Waals surface area contributed by atoms with E-state index in [-0.39, 0.29) is 6.61 Å². The van der Waals surface area contributed by atoms with Gasteiger partial charge in [-0.05, 0) is 32.1 Å². The fourth-order valence-corrected chi connectivity index (χ4v) is 6.79. The summed E-state index contributed by atoms with van der Waals surface area (Å²) >= 11 is 0. The van der Waals surface area contributed by atoms with E-state index in [2.05, 4.69) is 31.3 Å². The molecule has 0 saturated heterocycles. The van der Waals surface area contributed by atoms with E-state index < -0.39 is 24.2 Å². The van der Waals surface area contributed by atoms with E-state index in [0.29, 0.717) is 6.42 Å². The molecule has 0 heterocycles. The van der Waals surface area contributed by atoms with E-state index in [1.807, 2.05) is 6.08 Å². The molecule has 0 aromatic rings. The Balaban J connectivity index is 3.57. The number of aliphatic hydroxyl groups excluding tert-OH is 3. The standard InChI is InChI=1S/C45H87NO4/c1-3-5-7-9-11-13-15-16-17-18-19-20-21-22-23-24-25-26-27-28-30-32-34-36-38-40-44(49)45(50)46-42(41-47)43(48)39-37-35-33-31-29-14-12-10-8-6-4-2/h29,31,37,39,42-44,47-49H,3-28,30,32-36,38,40-41H2,1-2H3,(H,46,50)/b31-29+,39-37+. The maximum absolute atomic E-state index is 12.4. The van der Waals surface area contributed by atoms with Gasteiger partial charge in [0, 0.05) is 0 Å². The Morgan fingerprint density at radius 1 is 0.480 bits per heavy atom. The highest BCUT2D eigenvalue weighted by atomic mass is 16.3. The summed E-state index contributed by atoms with van der Waals surface area (Å²) in [6, 6.07) is -0.809. The zero-order valence-corrected chi connectivity index (χ0v) is 33.5. The van der Waals surface area contributed by atoms with Crippen molar-refractivity contribution >= 4 is 5.91 Å². The number of hydrogen-bond donors (Lipinski definition) is 4. The molecular weight excluding hydrogens is 618 g/mol. The van der Waals surface area contributed by atoms with Crippen LogP contribution >= 0.6 is 0 Å². The van der Waals surface area contributed by atoms with Crippen LogP contribution < -0.4 is 5.32 Å². The molecule has 0 aromatic heterocycles. The Kier molecular flexibility index (Phi) is 39.6. The molecule has 5 heteroatoms. The molecule has 0 aliphatic carbocycles. The zero-order chi connectivity index (χ0) is 36.6. The van der Waals surface area contributed by atoms with Gasteiger partial charge in [-0.2, -0.15) is 0 Å². The lowest BCUT2D eigenvalue weighted by molar-refractivity contribution is -0.131. The van der Waals surface area contributed by atoms with E-state index >= 15 is 0 Å². The van der Waals surface area contributed by atoms with Gasteiger partial charge in [-0.25, -0.2) is 0 Å². The van der Waals surface area contributed by atoms with Gasteiger partial charge in [-0.3, -0.25) is 4.79 Å². The van der Waals surface area contributed by atoms with Gasteiger partial charge in [-0.15, -0.1) is 0 Å². The zero-order valence-electron chi connectivity index (χ0n) is 33.5. The van der Waals surface area contributed by atoms with E-state index in [1.54, 1.807) is 6.08 Å². The number of amides is 1. The first-order chi connectivity index (χ1) is 24.6. The van der Waals surface area contributed by atoms with Crippen LogP contribution in [0.4, 0.5) is 0 Å². The third-order valence-electron chi connectivity index (χ3n) is 10.3. The maximum Gasteiger partial charge on any atom is 0.249 e. The molecule has 4 N–H and O–H groups in total. The van der Waals surface area contributed by atoms with Crippen LogP contribution in [0, 0.1) is 0 Å². The normalized spacial score (nSPS) is 13.8. The molecule has 0 spiro atoms. The lowest BCUT2D eigenvalue weighted by Gasteiger charge is -2.21. The Morgan fingerprint density at radius 2 is 0.820 bits per heavy atom. The quantitative estimate of drug-likeness (QED) is 0.0377.